The lowest BCUT2D eigenvalue weighted by Gasteiger charge is -2.15. The molecule has 0 saturated carbocycles. The third-order valence-corrected chi connectivity index (χ3v) is 6.00. The van der Waals surface area contributed by atoms with Crippen LogP contribution in [-0.4, -0.2) is 30.3 Å². The lowest BCUT2D eigenvalue weighted by Crippen LogP contribution is -2.33. The van der Waals surface area contributed by atoms with Crippen LogP contribution in [0.3, 0.4) is 0 Å². The predicted molar refractivity (Wildman–Crippen MR) is 141 cm³/mol. The molecule has 8 nitrogen and oxygen atoms in total. The number of anilines is 3. The highest BCUT2D eigenvalue weighted by molar-refractivity contribution is 6.53. The molecule has 3 amide bonds. The summed E-state index contributed by atoms with van der Waals surface area (Å²) < 4.78 is 19.3. The van der Waals surface area contributed by atoms with Crippen molar-refractivity contribution in [2.24, 2.45) is 0 Å². The smallest absolute Gasteiger partial charge is 0.338 e. The number of unbranched alkanes of at least 4 members (excludes halogenated alkanes) is 1. The molecular weight excluding hydrogens is 513 g/mol. The molecule has 0 atom stereocenters. The van der Waals surface area contributed by atoms with Crippen molar-refractivity contribution >= 4 is 52.4 Å². The van der Waals surface area contributed by atoms with Crippen LogP contribution in [0, 0.1) is 5.82 Å². The number of hydrogen-bond donors (Lipinski definition) is 2. The molecule has 194 valence electrons. The Morgan fingerprint density at radius 2 is 1.53 bits per heavy atom. The molecule has 1 aliphatic rings. The minimum atomic E-state index is -0.847. The van der Waals surface area contributed by atoms with Gasteiger partial charge in [0.15, 0.2) is 0 Å². The minimum absolute atomic E-state index is 0.203. The van der Waals surface area contributed by atoms with Gasteiger partial charge in [-0.15, -0.1) is 0 Å². The van der Waals surface area contributed by atoms with Crippen molar-refractivity contribution in [3.63, 3.8) is 0 Å². The largest absolute Gasteiger partial charge is 0.462 e. The number of nitrogens with zero attached hydrogens (tertiary/aromatic N) is 1. The number of imide groups is 1. The predicted octanol–water partition coefficient (Wildman–Crippen LogP) is 5.47. The number of halogens is 2. The van der Waals surface area contributed by atoms with Crippen molar-refractivity contribution in [3.8, 4) is 0 Å². The maximum atomic E-state index is 14.2. The van der Waals surface area contributed by atoms with Gasteiger partial charge < -0.3 is 15.4 Å². The van der Waals surface area contributed by atoms with Gasteiger partial charge in [0.25, 0.3) is 17.7 Å². The third kappa shape index (κ3) is 5.73. The lowest BCUT2D eigenvalue weighted by molar-refractivity contribution is -0.120. The van der Waals surface area contributed by atoms with Gasteiger partial charge >= 0.3 is 5.97 Å². The number of rotatable bonds is 9. The van der Waals surface area contributed by atoms with Gasteiger partial charge in [0.2, 0.25) is 0 Å². The molecule has 1 heterocycles. The second-order valence-corrected chi connectivity index (χ2v) is 8.69. The summed E-state index contributed by atoms with van der Waals surface area (Å²) in [5.74, 6) is -3.21. The van der Waals surface area contributed by atoms with Crippen molar-refractivity contribution in [3.05, 3.63) is 100 Å². The number of hydrogen-bond acceptors (Lipinski definition) is 6. The summed E-state index contributed by atoms with van der Waals surface area (Å²) in [5.41, 5.74) is 1.17. The van der Waals surface area contributed by atoms with Gasteiger partial charge in [-0.3, -0.25) is 14.4 Å². The number of amides is 3. The van der Waals surface area contributed by atoms with E-state index in [1.54, 1.807) is 24.3 Å². The van der Waals surface area contributed by atoms with Crippen LogP contribution in [0.15, 0.2) is 83.5 Å². The second kappa shape index (κ2) is 11.7. The Bertz CT molecular complexity index is 1420. The first-order valence-electron chi connectivity index (χ1n) is 11.8. The van der Waals surface area contributed by atoms with E-state index in [1.807, 2.05) is 6.92 Å². The Kier molecular flexibility index (Phi) is 8.18. The van der Waals surface area contributed by atoms with Crippen molar-refractivity contribution in [1.29, 1.82) is 0 Å². The van der Waals surface area contributed by atoms with Crippen molar-refractivity contribution in [1.82, 2.24) is 0 Å². The molecule has 0 fully saturated rings. The fourth-order valence-electron chi connectivity index (χ4n) is 3.60. The monoisotopic (exact) mass is 535 g/mol. The Labute approximate surface area is 223 Å². The molecule has 3 aromatic carbocycles. The van der Waals surface area contributed by atoms with Crippen LogP contribution in [0.5, 0.6) is 0 Å². The molecule has 0 bridgehead atoms. The van der Waals surface area contributed by atoms with Crippen LogP contribution in [-0.2, 0) is 14.3 Å². The SMILES string of the molecule is CCCCOC(=O)c1ccc(NC(=O)c2ccc(NC3=C(Cl)C(=O)N(c4ccccc4F)C3=O)cc2)cc1. The van der Waals surface area contributed by atoms with Crippen LogP contribution in [0.4, 0.5) is 21.5 Å². The molecule has 38 heavy (non-hydrogen) atoms. The van der Waals surface area contributed by atoms with Gasteiger partial charge in [-0.2, -0.15) is 0 Å². The van der Waals surface area contributed by atoms with E-state index in [9.17, 15) is 23.6 Å². The van der Waals surface area contributed by atoms with Gasteiger partial charge in [0, 0.05) is 16.9 Å². The van der Waals surface area contributed by atoms with E-state index in [-0.39, 0.29) is 16.4 Å². The number of esters is 1. The van der Waals surface area contributed by atoms with Gasteiger partial charge in [0.1, 0.15) is 16.5 Å². The molecule has 0 aliphatic carbocycles. The number of ether oxygens (including phenoxy) is 1. The van der Waals surface area contributed by atoms with E-state index < -0.39 is 29.5 Å². The Morgan fingerprint density at radius 1 is 0.895 bits per heavy atom. The fourth-order valence-corrected chi connectivity index (χ4v) is 3.81. The minimum Gasteiger partial charge on any atom is -0.462 e. The molecule has 0 spiro atoms. The molecule has 0 aromatic heterocycles. The number of carbonyl (C=O) groups is 4. The highest BCUT2D eigenvalue weighted by Gasteiger charge is 2.40. The van der Waals surface area contributed by atoms with E-state index in [2.05, 4.69) is 10.6 Å². The summed E-state index contributed by atoms with van der Waals surface area (Å²) in [6.07, 6.45) is 1.71. The molecule has 3 aromatic rings. The zero-order valence-corrected chi connectivity index (χ0v) is 21.0. The van der Waals surface area contributed by atoms with E-state index in [4.69, 9.17) is 16.3 Å². The molecule has 0 saturated heterocycles. The van der Waals surface area contributed by atoms with E-state index in [0.29, 0.717) is 34.0 Å². The van der Waals surface area contributed by atoms with Crippen LogP contribution in [0.2, 0.25) is 0 Å². The van der Waals surface area contributed by atoms with Crippen molar-refractivity contribution in [2.75, 3.05) is 22.1 Å². The first-order valence-corrected chi connectivity index (χ1v) is 12.2. The maximum absolute atomic E-state index is 14.2. The Morgan fingerprint density at radius 3 is 2.18 bits per heavy atom. The zero-order valence-electron chi connectivity index (χ0n) is 20.3. The highest BCUT2D eigenvalue weighted by atomic mass is 35.5. The topological polar surface area (TPSA) is 105 Å². The number of benzene rings is 3. The van der Waals surface area contributed by atoms with E-state index in [1.165, 1.54) is 42.5 Å². The molecule has 2 N–H and O–H groups in total. The number of para-hydroxylation sites is 1. The highest BCUT2D eigenvalue weighted by Crippen LogP contribution is 2.31. The normalized spacial score (nSPS) is 13.1. The molecule has 4 rings (SSSR count). The molecule has 0 unspecified atom stereocenters. The van der Waals surface area contributed by atoms with Gasteiger partial charge in [-0.05, 0) is 67.1 Å². The maximum Gasteiger partial charge on any atom is 0.338 e. The zero-order chi connectivity index (χ0) is 27.2. The third-order valence-electron chi connectivity index (χ3n) is 5.65. The van der Waals surface area contributed by atoms with E-state index >= 15 is 0 Å². The number of carbonyl (C=O) groups excluding carboxylic acids is 4. The molecule has 10 heteroatoms. The summed E-state index contributed by atoms with van der Waals surface area (Å²) >= 11 is 6.09. The first-order chi connectivity index (χ1) is 18.3. The Hall–Kier alpha value is -4.50. The average Bonchev–Trinajstić information content (AvgIpc) is 3.12. The number of nitrogens with one attached hydrogen (secondary N) is 2. The average molecular weight is 536 g/mol. The Balaban J connectivity index is 1.39. The first kappa shape index (κ1) is 26.6. The van der Waals surface area contributed by atoms with Crippen molar-refractivity contribution < 1.29 is 28.3 Å². The van der Waals surface area contributed by atoms with Crippen LogP contribution in [0.25, 0.3) is 0 Å². The molecular formula is C28H23ClFN3O5. The quantitative estimate of drug-likeness (QED) is 0.214. The molecule has 1 aliphatic heterocycles. The van der Waals surface area contributed by atoms with Crippen LogP contribution < -0.4 is 15.5 Å². The fraction of sp³-hybridized carbons (Fsp3) is 0.143. The summed E-state index contributed by atoms with van der Waals surface area (Å²) in [4.78, 5) is 50.7. The summed E-state index contributed by atoms with van der Waals surface area (Å²) in [6.45, 7) is 2.36. The van der Waals surface area contributed by atoms with Gasteiger partial charge in [-0.25, -0.2) is 14.1 Å². The van der Waals surface area contributed by atoms with Crippen molar-refractivity contribution in [2.45, 2.75) is 19.8 Å². The lowest BCUT2D eigenvalue weighted by atomic mass is 10.1. The summed E-state index contributed by atoms with van der Waals surface area (Å²) in [7, 11) is 0. The van der Waals surface area contributed by atoms with Crippen LogP contribution in [0.1, 0.15) is 40.5 Å². The van der Waals surface area contributed by atoms with E-state index in [0.717, 1.165) is 18.9 Å². The van der Waals surface area contributed by atoms with Crippen LogP contribution >= 0.6 is 11.6 Å². The summed E-state index contributed by atoms with van der Waals surface area (Å²) in [5, 5.41) is 5.14. The molecule has 0 radical (unpaired) electrons. The second-order valence-electron chi connectivity index (χ2n) is 8.31. The summed E-state index contributed by atoms with van der Waals surface area (Å²) in [6, 6.07) is 17.8. The standard InChI is InChI=1S/C28H23ClFN3O5/c1-2-3-16-38-28(37)18-10-14-20(15-11-18)32-25(34)17-8-12-19(13-9-17)31-24-23(29)26(35)33(27(24)36)22-7-5-4-6-21(22)30/h4-15,31H,2-3,16H2,1H3,(H,32,34). The van der Waals surface area contributed by atoms with Gasteiger partial charge in [-0.1, -0.05) is 37.1 Å². The van der Waals surface area contributed by atoms with Gasteiger partial charge in [0.05, 0.1) is 17.9 Å².